The van der Waals surface area contributed by atoms with Crippen molar-refractivity contribution in [3.05, 3.63) is 54.1 Å². The third-order valence-corrected chi connectivity index (χ3v) is 2.36. The number of rotatable bonds is 5. The summed E-state index contributed by atoms with van der Waals surface area (Å²) < 4.78 is 22.5. The van der Waals surface area contributed by atoms with Gasteiger partial charge in [-0.2, -0.15) is 0 Å². The van der Waals surface area contributed by atoms with Crippen LogP contribution in [0.25, 0.3) is 6.08 Å². The Balaban J connectivity index is 1.79. The standard InChI is InChI=1S/C14H11FN2O4/c15-11-4-2-1-3-10(11)5-6-14(19)20-9-13(18)16-12-7-8-21-17-12/h1-8H,9H2,(H,16,17,18)/b6-5+. The molecule has 21 heavy (non-hydrogen) atoms. The fourth-order valence-electron chi connectivity index (χ4n) is 1.41. The van der Waals surface area contributed by atoms with E-state index in [1.54, 1.807) is 12.1 Å². The van der Waals surface area contributed by atoms with Crippen molar-refractivity contribution >= 4 is 23.8 Å². The first kappa shape index (κ1) is 14.4. The molecule has 7 heteroatoms. The molecule has 0 spiro atoms. The molecule has 0 saturated carbocycles. The lowest BCUT2D eigenvalue weighted by atomic mass is 10.2. The molecule has 0 aliphatic rings. The van der Waals surface area contributed by atoms with Crippen molar-refractivity contribution in [1.82, 2.24) is 5.16 Å². The van der Waals surface area contributed by atoms with Crippen LogP contribution in [-0.2, 0) is 14.3 Å². The Hall–Kier alpha value is -2.96. The molecule has 0 radical (unpaired) electrons. The zero-order chi connectivity index (χ0) is 15.1. The summed E-state index contributed by atoms with van der Waals surface area (Å²) in [4.78, 5) is 22.8. The lowest BCUT2D eigenvalue weighted by molar-refractivity contribution is -0.142. The molecular formula is C14H11FN2O4. The summed E-state index contributed by atoms with van der Waals surface area (Å²) in [5, 5.41) is 5.82. The first-order valence-electron chi connectivity index (χ1n) is 5.95. The summed E-state index contributed by atoms with van der Waals surface area (Å²) in [6, 6.07) is 7.41. The van der Waals surface area contributed by atoms with Crippen LogP contribution >= 0.6 is 0 Å². The van der Waals surface area contributed by atoms with E-state index in [1.807, 2.05) is 0 Å². The molecule has 0 unspecified atom stereocenters. The minimum atomic E-state index is -0.756. The number of halogens is 1. The Bertz CT molecular complexity index is 653. The predicted octanol–water partition coefficient (Wildman–Crippen LogP) is 2.01. The van der Waals surface area contributed by atoms with Crippen LogP contribution in [0.3, 0.4) is 0 Å². The van der Waals surface area contributed by atoms with Crippen LogP contribution in [0.5, 0.6) is 0 Å². The monoisotopic (exact) mass is 290 g/mol. The summed E-state index contributed by atoms with van der Waals surface area (Å²) >= 11 is 0. The van der Waals surface area contributed by atoms with E-state index in [-0.39, 0.29) is 11.4 Å². The molecule has 0 saturated heterocycles. The van der Waals surface area contributed by atoms with Crippen LogP contribution in [0.4, 0.5) is 10.2 Å². The van der Waals surface area contributed by atoms with Gasteiger partial charge in [-0.05, 0) is 12.1 Å². The van der Waals surface area contributed by atoms with Gasteiger partial charge in [0.2, 0.25) is 0 Å². The van der Waals surface area contributed by atoms with E-state index in [9.17, 15) is 14.0 Å². The van der Waals surface area contributed by atoms with E-state index in [4.69, 9.17) is 4.74 Å². The van der Waals surface area contributed by atoms with Crippen LogP contribution in [-0.4, -0.2) is 23.6 Å². The number of nitrogens with one attached hydrogen (secondary N) is 1. The SMILES string of the molecule is O=C(COC(=O)/C=C/c1ccccc1F)Nc1ccon1. The average molecular weight is 290 g/mol. The maximum Gasteiger partial charge on any atom is 0.331 e. The molecule has 1 aromatic carbocycles. The Kier molecular flexibility index (Phi) is 4.81. The van der Waals surface area contributed by atoms with Gasteiger partial charge in [0.25, 0.3) is 5.91 Å². The highest BCUT2D eigenvalue weighted by atomic mass is 19.1. The smallest absolute Gasteiger partial charge is 0.331 e. The zero-order valence-corrected chi connectivity index (χ0v) is 10.8. The summed E-state index contributed by atoms with van der Waals surface area (Å²) in [6.45, 7) is -0.479. The molecule has 6 nitrogen and oxygen atoms in total. The highest BCUT2D eigenvalue weighted by Gasteiger charge is 2.07. The second kappa shape index (κ2) is 6.99. The first-order chi connectivity index (χ1) is 10.1. The summed E-state index contributed by atoms with van der Waals surface area (Å²) in [5.41, 5.74) is 0.251. The highest BCUT2D eigenvalue weighted by Crippen LogP contribution is 2.08. The summed E-state index contributed by atoms with van der Waals surface area (Å²) in [7, 11) is 0. The van der Waals surface area contributed by atoms with E-state index in [1.165, 1.54) is 30.5 Å². The third-order valence-electron chi connectivity index (χ3n) is 2.36. The van der Waals surface area contributed by atoms with Gasteiger partial charge in [-0.3, -0.25) is 4.79 Å². The van der Waals surface area contributed by atoms with Gasteiger partial charge >= 0.3 is 5.97 Å². The van der Waals surface area contributed by atoms with Gasteiger partial charge in [-0.25, -0.2) is 9.18 Å². The quantitative estimate of drug-likeness (QED) is 0.673. The molecule has 2 aromatic rings. The molecule has 1 heterocycles. The molecule has 1 aromatic heterocycles. The molecule has 2 rings (SSSR count). The van der Waals surface area contributed by atoms with Gasteiger partial charge in [0.05, 0.1) is 0 Å². The van der Waals surface area contributed by atoms with Crippen molar-refractivity contribution in [2.24, 2.45) is 0 Å². The van der Waals surface area contributed by atoms with E-state index in [0.29, 0.717) is 0 Å². The van der Waals surface area contributed by atoms with Crippen molar-refractivity contribution in [3.63, 3.8) is 0 Å². The van der Waals surface area contributed by atoms with Crippen molar-refractivity contribution < 1.29 is 23.2 Å². The van der Waals surface area contributed by atoms with E-state index < -0.39 is 24.3 Å². The van der Waals surface area contributed by atoms with E-state index in [2.05, 4.69) is 15.0 Å². The van der Waals surface area contributed by atoms with Crippen LogP contribution in [0.15, 0.2) is 47.2 Å². The predicted molar refractivity (Wildman–Crippen MR) is 71.5 cm³/mol. The van der Waals surface area contributed by atoms with Gasteiger partial charge in [0.1, 0.15) is 12.1 Å². The number of ether oxygens (including phenoxy) is 1. The highest BCUT2D eigenvalue weighted by molar-refractivity contribution is 5.93. The van der Waals surface area contributed by atoms with Gasteiger partial charge < -0.3 is 14.6 Å². The number of hydrogen-bond acceptors (Lipinski definition) is 5. The second-order valence-corrected chi connectivity index (χ2v) is 3.90. The van der Waals surface area contributed by atoms with E-state index in [0.717, 1.165) is 6.08 Å². The van der Waals surface area contributed by atoms with Crippen LogP contribution in [0.1, 0.15) is 5.56 Å². The number of amides is 1. The maximum absolute atomic E-state index is 13.3. The first-order valence-corrected chi connectivity index (χ1v) is 5.95. The molecule has 0 fully saturated rings. The van der Waals surface area contributed by atoms with Gasteiger partial charge in [0.15, 0.2) is 12.4 Å². The lowest BCUT2D eigenvalue weighted by Gasteiger charge is -2.01. The number of nitrogens with zero attached hydrogens (tertiary/aromatic N) is 1. The Morgan fingerprint density at radius 1 is 1.33 bits per heavy atom. The number of hydrogen-bond donors (Lipinski definition) is 1. The van der Waals surface area contributed by atoms with Crippen molar-refractivity contribution in [3.8, 4) is 0 Å². The number of esters is 1. The minimum Gasteiger partial charge on any atom is -0.452 e. The molecule has 1 amide bonds. The average Bonchev–Trinajstić information content (AvgIpc) is 2.97. The maximum atomic E-state index is 13.3. The topological polar surface area (TPSA) is 81.4 Å². The number of aromatic nitrogens is 1. The fraction of sp³-hybridized carbons (Fsp3) is 0.0714. The molecule has 0 atom stereocenters. The normalized spacial score (nSPS) is 10.5. The summed E-state index contributed by atoms with van der Waals surface area (Å²) in [5.74, 6) is -1.55. The molecule has 1 N–H and O–H groups in total. The number of benzene rings is 1. The molecule has 0 bridgehead atoms. The van der Waals surface area contributed by atoms with Gasteiger partial charge in [-0.1, -0.05) is 23.4 Å². The number of carbonyl (C=O) groups is 2. The lowest BCUT2D eigenvalue weighted by Crippen LogP contribution is -2.20. The molecule has 108 valence electrons. The largest absolute Gasteiger partial charge is 0.452 e. The molecular weight excluding hydrogens is 279 g/mol. The van der Waals surface area contributed by atoms with Gasteiger partial charge in [0, 0.05) is 17.7 Å². The van der Waals surface area contributed by atoms with Crippen molar-refractivity contribution in [2.75, 3.05) is 11.9 Å². The van der Waals surface area contributed by atoms with Crippen LogP contribution in [0, 0.1) is 5.82 Å². The summed E-state index contributed by atoms with van der Waals surface area (Å²) in [6.07, 6.45) is 3.60. The van der Waals surface area contributed by atoms with Crippen molar-refractivity contribution in [2.45, 2.75) is 0 Å². The molecule has 0 aliphatic heterocycles. The number of carbonyl (C=O) groups excluding carboxylic acids is 2. The van der Waals surface area contributed by atoms with Gasteiger partial charge in [-0.15, -0.1) is 0 Å². The second-order valence-electron chi connectivity index (χ2n) is 3.90. The molecule has 0 aliphatic carbocycles. The Labute approximate surface area is 119 Å². The Morgan fingerprint density at radius 2 is 2.14 bits per heavy atom. The number of anilines is 1. The van der Waals surface area contributed by atoms with Crippen LogP contribution < -0.4 is 5.32 Å². The minimum absolute atomic E-state index is 0.220. The Morgan fingerprint density at radius 3 is 2.86 bits per heavy atom. The van der Waals surface area contributed by atoms with E-state index >= 15 is 0 Å². The van der Waals surface area contributed by atoms with Crippen LogP contribution in [0.2, 0.25) is 0 Å². The zero-order valence-electron chi connectivity index (χ0n) is 10.8. The van der Waals surface area contributed by atoms with Crippen molar-refractivity contribution in [1.29, 1.82) is 0 Å². The fourth-order valence-corrected chi connectivity index (χ4v) is 1.41. The third kappa shape index (κ3) is 4.57.